The van der Waals surface area contributed by atoms with Gasteiger partial charge in [-0.25, -0.2) is 0 Å². The molecule has 80 valence electrons. The van der Waals surface area contributed by atoms with Gasteiger partial charge in [0.05, 0.1) is 17.6 Å². The number of nitrogens with one attached hydrogen (secondary N) is 1. The smallest absolute Gasteiger partial charge is 0.274 e. The maximum absolute atomic E-state index is 10.8. The molecule has 1 saturated heterocycles. The Hall–Kier alpha value is -1.62. The van der Waals surface area contributed by atoms with Crippen molar-refractivity contribution in [2.24, 2.45) is 0 Å². The van der Waals surface area contributed by atoms with E-state index in [4.69, 9.17) is 4.74 Å². The van der Waals surface area contributed by atoms with E-state index in [1.165, 1.54) is 6.07 Å². The normalized spacial score (nSPS) is 19.4. The molecule has 0 radical (unpaired) electrons. The lowest BCUT2D eigenvalue weighted by Crippen LogP contribution is -2.35. The van der Waals surface area contributed by atoms with Gasteiger partial charge in [-0.15, -0.1) is 0 Å². The summed E-state index contributed by atoms with van der Waals surface area (Å²) in [6.45, 7) is 0.916. The van der Waals surface area contributed by atoms with E-state index in [1.807, 2.05) is 0 Å². The van der Waals surface area contributed by atoms with Crippen LogP contribution in [0.3, 0.4) is 0 Å². The van der Waals surface area contributed by atoms with Crippen molar-refractivity contribution >= 4 is 5.69 Å². The molecular weight excluding hydrogens is 196 g/mol. The van der Waals surface area contributed by atoms with Crippen LogP contribution in [-0.2, 0) is 0 Å². The van der Waals surface area contributed by atoms with Gasteiger partial charge in [-0.3, -0.25) is 10.1 Å². The van der Waals surface area contributed by atoms with Crippen molar-refractivity contribution in [1.82, 2.24) is 5.32 Å². The molecule has 0 spiro atoms. The van der Waals surface area contributed by atoms with Crippen LogP contribution in [0.25, 0.3) is 0 Å². The Morgan fingerprint density at radius 1 is 1.60 bits per heavy atom. The molecule has 0 bridgehead atoms. The van der Waals surface area contributed by atoms with E-state index in [1.54, 1.807) is 19.2 Å². The first kappa shape index (κ1) is 9.92. The molecule has 2 rings (SSSR count). The zero-order chi connectivity index (χ0) is 10.8. The van der Waals surface area contributed by atoms with Gasteiger partial charge in [-0.2, -0.15) is 0 Å². The molecule has 1 aliphatic heterocycles. The first-order valence-electron chi connectivity index (χ1n) is 4.78. The molecule has 0 saturated carbocycles. The van der Waals surface area contributed by atoms with Crippen LogP contribution in [0.15, 0.2) is 18.2 Å². The fourth-order valence-corrected chi connectivity index (χ4v) is 1.66. The molecule has 1 unspecified atom stereocenters. The first-order chi connectivity index (χ1) is 7.22. The Morgan fingerprint density at radius 3 is 2.80 bits per heavy atom. The summed E-state index contributed by atoms with van der Waals surface area (Å²) < 4.78 is 5.06. The lowest BCUT2D eigenvalue weighted by molar-refractivity contribution is -0.385. The summed E-state index contributed by atoms with van der Waals surface area (Å²) in [7, 11) is 1.55. The topological polar surface area (TPSA) is 64.4 Å². The van der Waals surface area contributed by atoms with Crippen LogP contribution in [0.1, 0.15) is 18.0 Å². The van der Waals surface area contributed by atoms with Gasteiger partial charge in [0.15, 0.2) is 0 Å². The van der Waals surface area contributed by atoms with Gasteiger partial charge in [0.25, 0.3) is 5.69 Å². The van der Waals surface area contributed by atoms with Crippen molar-refractivity contribution in [3.05, 3.63) is 33.9 Å². The van der Waals surface area contributed by atoms with E-state index in [-0.39, 0.29) is 16.7 Å². The number of nitrogens with zero attached hydrogens (tertiary/aromatic N) is 1. The fourth-order valence-electron chi connectivity index (χ4n) is 1.66. The molecule has 0 aliphatic carbocycles. The summed E-state index contributed by atoms with van der Waals surface area (Å²) in [5.41, 5.74) is 0.874. The first-order valence-corrected chi connectivity index (χ1v) is 4.78. The maximum Gasteiger partial charge on any atom is 0.274 e. The SMILES string of the molecule is COc1ccc([N+](=O)[O-])c(C2CCN2)c1. The van der Waals surface area contributed by atoms with Crippen molar-refractivity contribution in [3.63, 3.8) is 0 Å². The number of nitro groups is 1. The van der Waals surface area contributed by atoms with Gasteiger partial charge < -0.3 is 10.1 Å². The highest BCUT2D eigenvalue weighted by Crippen LogP contribution is 2.33. The van der Waals surface area contributed by atoms with Crippen LogP contribution >= 0.6 is 0 Å². The van der Waals surface area contributed by atoms with Crippen LogP contribution in [0.5, 0.6) is 5.75 Å². The van der Waals surface area contributed by atoms with Crippen LogP contribution in [0.4, 0.5) is 5.69 Å². The highest BCUT2D eigenvalue weighted by Gasteiger charge is 2.26. The summed E-state index contributed by atoms with van der Waals surface area (Å²) in [5, 5.41) is 14.0. The van der Waals surface area contributed by atoms with E-state index < -0.39 is 0 Å². The average Bonchev–Trinajstić information content (AvgIpc) is 2.14. The van der Waals surface area contributed by atoms with Crippen LogP contribution in [0.2, 0.25) is 0 Å². The number of hydrogen-bond acceptors (Lipinski definition) is 4. The minimum absolute atomic E-state index is 0.0977. The van der Waals surface area contributed by atoms with Crippen molar-refractivity contribution in [1.29, 1.82) is 0 Å². The molecule has 1 N–H and O–H groups in total. The highest BCUT2D eigenvalue weighted by molar-refractivity contribution is 5.47. The fraction of sp³-hybridized carbons (Fsp3) is 0.400. The summed E-state index contributed by atoms with van der Waals surface area (Å²) in [4.78, 5) is 10.5. The van der Waals surface area contributed by atoms with E-state index >= 15 is 0 Å². The Balaban J connectivity index is 2.40. The second kappa shape index (κ2) is 3.86. The van der Waals surface area contributed by atoms with Crippen molar-refractivity contribution in [3.8, 4) is 5.75 Å². The Bertz CT molecular complexity index is 388. The number of ether oxygens (including phenoxy) is 1. The third kappa shape index (κ3) is 1.78. The van der Waals surface area contributed by atoms with Gasteiger partial charge in [0.2, 0.25) is 0 Å². The molecule has 5 heteroatoms. The van der Waals surface area contributed by atoms with Crippen molar-refractivity contribution < 1.29 is 9.66 Å². The van der Waals surface area contributed by atoms with Crippen molar-refractivity contribution in [2.45, 2.75) is 12.5 Å². The van der Waals surface area contributed by atoms with Crippen LogP contribution < -0.4 is 10.1 Å². The number of rotatable bonds is 3. The van der Waals surface area contributed by atoms with E-state index in [0.717, 1.165) is 13.0 Å². The molecule has 15 heavy (non-hydrogen) atoms. The van der Waals surface area contributed by atoms with Gasteiger partial charge in [0.1, 0.15) is 5.75 Å². The second-order valence-electron chi connectivity index (χ2n) is 3.48. The van der Waals surface area contributed by atoms with Gasteiger partial charge in [0, 0.05) is 12.1 Å². The minimum Gasteiger partial charge on any atom is -0.497 e. The molecular formula is C10H12N2O3. The van der Waals surface area contributed by atoms with Gasteiger partial charge in [-0.05, 0) is 25.1 Å². The van der Waals surface area contributed by atoms with Crippen molar-refractivity contribution in [2.75, 3.05) is 13.7 Å². The molecule has 5 nitrogen and oxygen atoms in total. The molecule has 1 aromatic rings. The number of methoxy groups -OCH3 is 1. The third-order valence-corrected chi connectivity index (χ3v) is 2.63. The highest BCUT2D eigenvalue weighted by atomic mass is 16.6. The molecule has 1 aromatic carbocycles. The van der Waals surface area contributed by atoms with E-state index in [2.05, 4.69) is 5.32 Å². The molecule has 0 amide bonds. The molecule has 1 aliphatic rings. The maximum atomic E-state index is 10.8. The van der Waals surface area contributed by atoms with Crippen LogP contribution in [0, 0.1) is 10.1 Å². The summed E-state index contributed by atoms with van der Waals surface area (Å²) in [5.74, 6) is 0.657. The molecule has 1 fully saturated rings. The quantitative estimate of drug-likeness (QED) is 0.605. The molecule has 0 aromatic heterocycles. The number of hydrogen-bond donors (Lipinski definition) is 1. The summed E-state index contributed by atoms with van der Waals surface area (Å²) in [6, 6.07) is 4.93. The van der Waals surface area contributed by atoms with E-state index in [0.29, 0.717) is 11.3 Å². The largest absolute Gasteiger partial charge is 0.497 e. The Kier molecular flexibility index (Phi) is 2.55. The van der Waals surface area contributed by atoms with E-state index in [9.17, 15) is 10.1 Å². The summed E-state index contributed by atoms with van der Waals surface area (Å²) >= 11 is 0. The average molecular weight is 208 g/mol. The second-order valence-corrected chi connectivity index (χ2v) is 3.48. The van der Waals surface area contributed by atoms with Gasteiger partial charge >= 0.3 is 0 Å². The monoisotopic (exact) mass is 208 g/mol. The van der Waals surface area contributed by atoms with Gasteiger partial charge in [-0.1, -0.05) is 0 Å². The zero-order valence-electron chi connectivity index (χ0n) is 8.40. The zero-order valence-corrected chi connectivity index (χ0v) is 8.40. The predicted octanol–water partition coefficient (Wildman–Crippen LogP) is 1.64. The Labute approximate surface area is 87.2 Å². The lowest BCUT2D eigenvalue weighted by atomic mass is 9.96. The Morgan fingerprint density at radius 2 is 2.33 bits per heavy atom. The molecule has 1 heterocycles. The number of nitro benzene ring substituents is 1. The molecule has 1 atom stereocenters. The minimum atomic E-state index is -0.352. The lowest BCUT2D eigenvalue weighted by Gasteiger charge is -2.27. The summed E-state index contributed by atoms with van der Waals surface area (Å²) in [6.07, 6.45) is 0.938. The predicted molar refractivity (Wildman–Crippen MR) is 55.0 cm³/mol. The van der Waals surface area contributed by atoms with Crippen LogP contribution in [-0.4, -0.2) is 18.6 Å². The third-order valence-electron chi connectivity index (χ3n) is 2.63. The standard InChI is InChI=1S/C10H12N2O3/c1-15-7-2-3-10(12(13)14)8(6-7)9-4-5-11-9/h2-3,6,9,11H,4-5H2,1H3. The number of benzene rings is 1.